The van der Waals surface area contributed by atoms with Crippen molar-refractivity contribution < 1.29 is 14.4 Å². The van der Waals surface area contributed by atoms with Crippen molar-refractivity contribution in [2.45, 2.75) is 6.42 Å². The number of nitrogens with zero attached hydrogens (tertiary/aromatic N) is 1. The standard InChI is InChI=1S/C9H7NO3/c11-6-13-10-8-4-2-1-3-7(8)5-9(10)12/h1-4,6H,5H2. The third kappa shape index (κ3) is 1.16. The number of hydroxylamine groups is 1. The number of benzene rings is 1. The molecule has 1 aromatic carbocycles. The largest absolute Gasteiger partial charge is 0.337 e. The van der Waals surface area contributed by atoms with Crippen LogP contribution in [0.1, 0.15) is 5.56 Å². The Hall–Kier alpha value is -1.84. The molecule has 0 fully saturated rings. The van der Waals surface area contributed by atoms with Crippen LogP contribution in [0.25, 0.3) is 0 Å². The molecule has 1 amide bonds. The van der Waals surface area contributed by atoms with E-state index in [1.54, 1.807) is 12.1 Å². The van der Waals surface area contributed by atoms with Crippen LogP contribution < -0.4 is 5.06 Å². The lowest BCUT2D eigenvalue weighted by Gasteiger charge is -2.11. The van der Waals surface area contributed by atoms with E-state index in [1.807, 2.05) is 12.1 Å². The highest BCUT2D eigenvalue weighted by atomic mass is 16.7. The molecule has 0 aromatic heterocycles. The zero-order valence-corrected chi connectivity index (χ0v) is 6.77. The fourth-order valence-corrected chi connectivity index (χ4v) is 1.39. The van der Waals surface area contributed by atoms with Gasteiger partial charge in [-0.05, 0) is 11.6 Å². The Balaban J connectivity index is 2.40. The van der Waals surface area contributed by atoms with Gasteiger partial charge in [-0.3, -0.25) is 9.59 Å². The average Bonchev–Trinajstić information content (AvgIpc) is 2.44. The fraction of sp³-hybridized carbons (Fsp3) is 0.111. The number of hydrogen-bond acceptors (Lipinski definition) is 3. The van der Waals surface area contributed by atoms with Crippen LogP contribution >= 0.6 is 0 Å². The molecule has 0 saturated heterocycles. The zero-order valence-electron chi connectivity index (χ0n) is 6.77. The Labute approximate surface area is 74.7 Å². The van der Waals surface area contributed by atoms with E-state index in [4.69, 9.17) is 0 Å². The molecule has 0 bridgehead atoms. The molecule has 0 spiro atoms. The zero-order chi connectivity index (χ0) is 9.26. The van der Waals surface area contributed by atoms with Crippen LogP contribution in [0, 0.1) is 0 Å². The van der Waals surface area contributed by atoms with Gasteiger partial charge in [0.15, 0.2) is 0 Å². The Morgan fingerprint density at radius 2 is 2.15 bits per heavy atom. The Kier molecular flexibility index (Phi) is 1.73. The summed E-state index contributed by atoms with van der Waals surface area (Å²) in [6.07, 6.45) is 0.296. The van der Waals surface area contributed by atoms with E-state index in [2.05, 4.69) is 4.84 Å². The van der Waals surface area contributed by atoms with Crippen LogP contribution in [0.4, 0.5) is 5.69 Å². The maximum absolute atomic E-state index is 11.3. The summed E-state index contributed by atoms with van der Waals surface area (Å²) in [4.78, 5) is 25.9. The second kappa shape index (κ2) is 2.90. The van der Waals surface area contributed by atoms with Gasteiger partial charge < -0.3 is 4.84 Å². The van der Waals surface area contributed by atoms with E-state index in [1.165, 1.54) is 0 Å². The number of para-hydroxylation sites is 1. The number of carbonyl (C=O) groups excluding carboxylic acids is 2. The number of anilines is 1. The minimum atomic E-state index is -0.215. The molecule has 1 aliphatic rings. The lowest BCUT2D eigenvalue weighted by atomic mass is 10.2. The maximum atomic E-state index is 11.3. The molecule has 0 radical (unpaired) electrons. The van der Waals surface area contributed by atoms with Crippen molar-refractivity contribution in [1.82, 2.24) is 0 Å². The Morgan fingerprint density at radius 3 is 2.92 bits per heavy atom. The van der Waals surface area contributed by atoms with Crippen LogP contribution in [-0.2, 0) is 20.8 Å². The van der Waals surface area contributed by atoms with Gasteiger partial charge in [0, 0.05) is 0 Å². The third-order valence-electron chi connectivity index (χ3n) is 1.93. The van der Waals surface area contributed by atoms with Gasteiger partial charge in [0.05, 0.1) is 12.1 Å². The number of rotatable bonds is 2. The molecule has 1 aliphatic heterocycles. The second-order valence-electron chi connectivity index (χ2n) is 2.70. The summed E-state index contributed by atoms with van der Waals surface area (Å²) in [5.41, 5.74) is 1.54. The number of hydrogen-bond donors (Lipinski definition) is 0. The Bertz CT molecular complexity index is 362. The van der Waals surface area contributed by atoms with E-state index in [-0.39, 0.29) is 12.4 Å². The number of amides is 1. The molecule has 0 atom stereocenters. The van der Waals surface area contributed by atoms with Gasteiger partial charge in [-0.15, -0.1) is 5.06 Å². The van der Waals surface area contributed by atoms with E-state index >= 15 is 0 Å². The summed E-state index contributed by atoms with van der Waals surface area (Å²) >= 11 is 0. The predicted octanol–water partition coefficient (Wildman–Crippen LogP) is 0.664. The molecule has 0 saturated carbocycles. The molecular weight excluding hydrogens is 170 g/mol. The van der Waals surface area contributed by atoms with Crippen molar-refractivity contribution in [2.75, 3.05) is 5.06 Å². The van der Waals surface area contributed by atoms with Gasteiger partial charge in [-0.25, -0.2) is 0 Å². The molecule has 0 N–H and O–H groups in total. The highest BCUT2D eigenvalue weighted by Crippen LogP contribution is 2.27. The first-order valence-electron chi connectivity index (χ1n) is 3.84. The molecule has 0 unspecified atom stereocenters. The molecule has 0 aliphatic carbocycles. The lowest BCUT2D eigenvalue weighted by molar-refractivity contribution is -0.138. The van der Waals surface area contributed by atoms with Crippen LogP contribution in [0.15, 0.2) is 24.3 Å². The molecule has 4 heteroatoms. The minimum absolute atomic E-state index is 0.215. The van der Waals surface area contributed by atoms with E-state index in [0.717, 1.165) is 10.6 Å². The molecule has 2 rings (SSSR count). The first kappa shape index (κ1) is 7.79. The first-order valence-corrected chi connectivity index (χ1v) is 3.84. The van der Waals surface area contributed by atoms with Crippen LogP contribution in [0.3, 0.4) is 0 Å². The summed E-state index contributed by atoms with van der Waals surface area (Å²) < 4.78 is 0. The number of carbonyl (C=O) groups is 2. The molecule has 1 aromatic rings. The summed E-state index contributed by atoms with van der Waals surface area (Å²) in [5, 5.41) is 1.02. The SMILES string of the molecule is O=CON1C(=O)Cc2ccccc21. The van der Waals surface area contributed by atoms with Crippen molar-refractivity contribution in [1.29, 1.82) is 0 Å². The number of fused-ring (bicyclic) bond motifs is 1. The lowest BCUT2D eigenvalue weighted by Crippen LogP contribution is -2.26. The molecular formula is C9H7NO3. The van der Waals surface area contributed by atoms with Crippen LogP contribution in [-0.4, -0.2) is 12.4 Å². The predicted molar refractivity (Wildman–Crippen MR) is 44.8 cm³/mol. The van der Waals surface area contributed by atoms with Crippen molar-refractivity contribution in [3.05, 3.63) is 29.8 Å². The third-order valence-corrected chi connectivity index (χ3v) is 1.93. The highest BCUT2D eigenvalue weighted by Gasteiger charge is 2.28. The summed E-state index contributed by atoms with van der Waals surface area (Å²) in [6, 6.07) is 7.21. The smallest absolute Gasteiger partial charge is 0.321 e. The van der Waals surface area contributed by atoms with Gasteiger partial charge >= 0.3 is 6.47 Å². The van der Waals surface area contributed by atoms with Crippen molar-refractivity contribution in [3.63, 3.8) is 0 Å². The summed E-state index contributed by atoms with van der Waals surface area (Å²) in [7, 11) is 0. The average molecular weight is 177 g/mol. The Morgan fingerprint density at radius 1 is 1.38 bits per heavy atom. The normalized spacial score (nSPS) is 14.2. The maximum Gasteiger partial charge on any atom is 0.321 e. The second-order valence-corrected chi connectivity index (χ2v) is 2.70. The molecule has 4 nitrogen and oxygen atoms in total. The monoisotopic (exact) mass is 177 g/mol. The van der Waals surface area contributed by atoms with Gasteiger partial charge in [0.25, 0.3) is 5.91 Å². The van der Waals surface area contributed by atoms with Crippen molar-refractivity contribution >= 4 is 18.1 Å². The highest BCUT2D eigenvalue weighted by molar-refractivity contribution is 6.00. The van der Waals surface area contributed by atoms with E-state index < -0.39 is 0 Å². The first-order chi connectivity index (χ1) is 6.33. The topological polar surface area (TPSA) is 46.6 Å². The van der Waals surface area contributed by atoms with Crippen LogP contribution in [0.2, 0.25) is 0 Å². The van der Waals surface area contributed by atoms with Crippen LogP contribution in [0.5, 0.6) is 0 Å². The fourth-order valence-electron chi connectivity index (χ4n) is 1.39. The quantitative estimate of drug-likeness (QED) is 0.623. The van der Waals surface area contributed by atoms with Crippen molar-refractivity contribution in [2.24, 2.45) is 0 Å². The van der Waals surface area contributed by atoms with E-state index in [9.17, 15) is 9.59 Å². The summed E-state index contributed by atoms with van der Waals surface area (Å²) in [6.45, 7) is 0.250. The van der Waals surface area contributed by atoms with Gasteiger partial charge in [-0.2, -0.15) is 0 Å². The summed E-state index contributed by atoms with van der Waals surface area (Å²) in [5.74, 6) is -0.215. The molecule has 66 valence electrons. The van der Waals surface area contributed by atoms with Crippen molar-refractivity contribution in [3.8, 4) is 0 Å². The molecule has 1 heterocycles. The van der Waals surface area contributed by atoms with Gasteiger partial charge in [0.1, 0.15) is 0 Å². The van der Waals surface area contributed by atoms with E-state index in [0.29, 0.717) is 12.1 Å². The molecule has 13 heavy (non-hydrogen) atoms. The minimum Gasteiger partial charge on any atom is -0.337 e. The van der Waals surface area contributed by atoms with Gasteiger partial charge in [0.2, 0.25) is 0 Å². The van der Waals surface area contributed by atoms with Gasteiger partial charge in [-0.1, -0.05) is 18.2 Å².